The third-order valence-corrected chi connectivity index (χ3v) is 4.35. The Morgan fingerprint density at radius 3 is 2.71 bits per heavy atom. The van der Waals surface area contributed by atoms with Gasteiger partial charge in [-0.25, -0.2) is 4.39 Å². The number of halogens is 1. The van der Waals surface area contributed by atoms with Gasteiger partial charge in [0, 0.05) is 12.1 Å². The number of hydrogen-bond donors (Lipinski definition) is 2. The second kappa shape index (κ2) is 8.06. The Balaban J connectivity index is 1.46. The lowest BCUT2D eigenvalue weighted by Crippen LogP contribution is -2.33. The topological polar surface area (TPSA) is 61.0 Å². The minimum atomic E-state index is -0.291. The molecule has 128 valence electrons. The van der Waals surface area contributed by atoms with Crippen molar-refractivity contribution in [2.45, 2.75) is 25.7 Å². The first-order valence-electron chi connectivity index (χ1n) is 8.54. The van der Waals surface area contributed by atoms with E-state index in [0.717, 1.165) is 18.5 Å². The number of aromatic amines is 1. The average Bonchev–Trinajstić information content (AvgIpc) is 3.10. The van der Waals surface area contributed by atoms with E-state index in [1.165, 1.54) is 44.5 Å². The van der Waals surface area contributed by atoms with Crippen molar-refractivity contribution in [1.29, 1.82) is 0 Å². The second-order valence-corrected chi connectivity index (χ2v) is 6.19. The molecule has 2 aromatic rings. The normalized spacial score (nSPS) is 15.4. The van der Waals surface area contributed by atoms with Crippen LogP contribution in [0, 0.1) is 5.82 Å². The van der Waals surface area contributed by atoms with E-state index in [-0.39, 0.29) is 11.7 Å². The summed E-state index contributed by atoms with van der Waals surface area (Å²) in [7, 11) is 0. The Morgan fingerprint density at radius 1 is 1.21 bits per heavy atom. The van der Waals surface area contributed by atoms with Crippen LogP contribution in [0.3, 0.4) is 0 Å². The standard InChI is InChI=1S/C18H23FN4O/c19-15-7-5-14(6-8-15)16-13-17(22-21-16)18(24)20-9-4-12-23-10-2-1-3-11-23/h5-8,13H,1-4,9-12H2,(H,20,24)(H,21,22). The fraction of sp³-hybridized carbons (Fsp3) is 0.444. The lowest BCUT2D eigenvalue weighted by molar-refractivity contribution is 0.0946. The number of rotatable bonds is 6. The van der Waals surface area contributed by atoms with Crippen LogP contribution in [-0.4, -0.2) is 47.2 Å². The summed E-state index contributed by atoms with van der Waals surface area (Å²) in [6, 6.07) is 7.74. The minimum absolute atomic E-state index is 0.158. The summed E-state index contributed by atoms with van der Waals surface area (Å²) in [4.78, 5) is 14.6. The van der Waals surface area contributed by atoms with Crippen LogP contribution in [0.25, 0.3) is 11.3 Å². The van der Waals surface area contributed by atoms with Gasteiger partial charge in [-0.2, -0.15) is 5.10 Å². The molecule has 2 heterocycles. The van der Waals surface area contributed by atoms with Crippen LogP contribution in [-0.2, 0) is 0 Å². The van der Waals surface area contributed by atoms with Gasteiger partial charge < -0.3 is 10.2 Å². The van der Waals surface area contributed by atoms with Crippen molar-refractivity contribution in [2.24, 2.45) is 0 Å². The quantitative estimate of drug-likeness (QED) is 0.801. The van der Waals surface area contributed by atoms with Crippen molar-refractivity contribution in [3.05, 3.63) is 41.8 Å². The molecule has 5 nitrogen and oxygen atoms in total. The van der Waals surface area contributed by atoms with Gasteiger partial charge in [-0.3, -0.25) is 9.89 Å². The molecule has 1 fully saturated rings. The van der Waals surface area contributed by atoms with E-state index in [4.69, 9.17) is 0 Å². The third kappa shape index (κ3) is 4.41. The zero-order chi connectivity index (χ0) is 16.8. The van der Waals surface area contributed by atoms with Gasteiger partial charge in [0.2, 0.25) is 0 Å². The van der Waals surface area contributed by atoms with E-state index in [2.05, 4.69) is 20.4 Å². The number of nitrogens with zero attached hydrogens (tertiary/aromatic N) is 2. The van der Waals surface area contributed by atoms with Crippen LogP contribution in [0.4, 0.5) is 4.39 Å². The van der Waals surface area contributed by atoms with Gasteiger partial charge in [0.15, 0.2) is 0 Å². The van der Waals surface area contributed by atoms with Crippen LogP contribution in [0.2, 0.25) is 0 Å². The number of piperidine rings is 1. The third-order valence-electron chi connectivity index (χ3n) is 4.35. The summed E-state index contributed by atoms with van der Waals surface area (Å²) in [6.07, 6.45) is 4.85. The maximum Gasteiger partial charge on any atom is 0.269 e. The Bertz CT molecular complexity index is 662. The second-order valence-electron chi connectivity index (χ2n) is 6.19. The number of hydrogen-bond acceptors (Lipinski definition) is 3. The number of carbonyl (C=O) groups is 1. The fourth-order valence-corrected chi connectivity index (χ4v) is 2.99. The molecule has 6 heteroatoms. The molecular formula is C18H23FN4O. The lowest BCUT2D eigenvalue weighted by Gasteiger charge is -2.26. The first-order chi connectivity index (χ1) is 11.7. The SMILES string of the molecule is O=C(NCCCN1CCCCC1)c1cc(-c2ccc(F)cc2)n[nH]1. The molecule has 1 aliphatic rings. The number of H-pyrrole nitrogens is 1. The maximum atomic E-state index is 12.9. The predicted octanol–water partition coefficient (Wildman–Crippen LogP) is 2.82. The molecule has 1 aliphatic heterocycles. The Morgan fingerprint density at radius 2 is 1.96 bits per heavy atom. The maximum absolute atomic E-state index is 12.9. The predicted molar refractivity (Wildman–Crippen MR) is 91.2 cm³/mol. The zero-order valence-electron chi connectivity index (χ0n) is 13.7. The molecular weight excluding hydrogens is 307 g/mol. The highest BCUT2D eigenvalue weighted by Gasteiger charge is 2.12. The first-order valence-corrected chi connectivity index (χ1v) is 8.54. The van der Waals surface area contributed by atoms with Crippen molar-refractivity contribution >= 4 is 5.91 Å². The van der Waals surface area contributed by atoms with E-state index in [1.807, 2.05) is 0 Å². The smallest absolute Gasteiger partial charge is 0.269 e. The Labute approximate surface area is 141 Å². The molecule has 0 saturated carbocycles. The van der Waals surface area contributed by atoms with Crippen LogP contribution in [0.5, 0.6) is 0 Å². The van der Waals surface area contributed by atoms with Gasteiger partial charge in [0.05, 0.1) is 5.69 Å². The summed E-state index contributed by atoms with van der Waals surface area (Å²) < 4.78 is 12.9. The van der Waals surface area contributed by atoms with Crippen LogP contribution in [0.1, 0.15) is 36.2 Å². The van der Waals surface area contributed by atoms with Gasteiger partial charge in [-0.15, -0.1) is 0 Å². The minimum Gasteiger partial charge on any atom is -0.351 e. The molecule has 1 aromatic carbocycles. The van der Waals surface area contributed by atoms with Crippen molar-refractivity contribution in [3.8, 4) is 11.3 Å². The van der Waals surface area contributed by atoms with Crippen molar-refractivity contribution in [3.63, 3.8) is 0 Å². The Hall–Kier alpha value is -2.21. The molecule has 0 bridgehead atoms. The van der Waals surface area contributed by atoms with Crippen LogP contribution in [0.15, 0.2) is 30.3 Å². The molecule has 0 spiro atoms. The number of carbonyl (C=O) groups excluding carboxylic acids is 1. The van der Waals surface area contributed by atoms with Gasteiger partial charge in [-0.1, -0.05) is 6.42 Å². The van der Waals surface area contributed by atoms with Crippen LogP contribution >= 0.6 is 0 Å². The highest BCUT2D eigenvalue weighted by atomic mass is 19.1. The lowest BCUT2D eigenvalue weighted by atomic mass is 10.1. The number of likely N-dealkylation sites (tertiary alicyclic amines) is 1. The summed E-state index contributed by atoms with van der Waals surface area (Å²) in [5, 5.41) is 9.78. The van der Waals surface area contributed by atoms with Gasteiger partial charge in [0.1, 0.15) is 11.5 Å². The van der Waals surface area contributed by atoms with Crippen molar-refractivity contribution in [1.82, 2.24) is 20.4 Å². The van der Waals surface area contributed by atoms with E-state index >= 15 is 0 Å². The van der Waals surface area contributed by atoms with Gasteiger partial charge in [0.25, 0.3) is 5.91 Å². The van der Waals surface area contributed by atoms with E-state index in [9.17, 15) is 9.18 Å². The number of nitrogens with one attached hydrogen (secondary N) is 2. The molecule has 0 atom stereocenters. The number of benzene rings is 1. The fourth-order valence-electron chi connectivity index (χ4n) is 2.99. The van der Waals surface area contributed by atoms with Gasteiger partial charge in [-0.05, 0) is 69.2 Å². The summed E-state index contributed by atoms with van der Waals surface area (Å²) in [5.74, 6) is -0.449. The number of aromatic nitrogens is 2. The molecule has 24 heavy (non-hydrogen) atoms. The monoisotopic (exact) mass is 330 g/mol. The summed E-state index contributed by atoms with van der Waals surface area (Å²) >= 11 is 0. The molecule has 2 N–H and O–H groups in total. The molecule has 3 rings (SSSR count). The molecule has 0 radical (unpaired) electrons. The van der Waals surface area contributed by atoms with E-state index < -0.39 is 0 Å². The highest BCUT2D eigenvalue weighted by molar-refractivity contribution is 5.93. The van der Waals surface area contributed by atoms with Crippen molar-refractivity contribution < 1.29 is 9.18 Å². The van der Waals surface area contributed by atoms with Gasteiger partial charge >= 0.3 is 0 Å². The average molecular weight is 330 g/mol. The number of amides is 1. The van der Waals surface area contributed by atoms with Crippen molar-refractivity contribution in [2.75, 3.05) is 26.2 Å². The molecule has 0 aliphatic carbocycles. The Kier molecular flexibility index (Phi) is 5.59. The highest BCUT2D eigenvalue weighted by Crippen LogP contribution is 2.18. The molecule has 1 aromatic heterocycles. The molecule has 1 amide bonds. The van der Waals surface area contributed by atoms with E-state index in [0.29, 0.717) is 17.9 Å². The van der Waals surface area contributed by atoms with E-state index in [1.54, 1.807) is 18.2 Å². The molecule has 1 saturated heterocycles. The zero-order valence-corrected chi connectivity index (χ0v) is 13.7. The summed E-state index contributed by atoms with van der Waals surface area (Å²) in [5.41, 5.74) is 1.83. The molecule has 0 unspecified atom stereocenters. The largest absolute Gasteiger partial charge is 0.351 e. The first kappa shape index (κ1) is 16.6. The summed E-state index contributed by atoms with van der Waals surface area (Å²) in [6.45, 7) is 4.04. The van der Waals surface area contributed by atoms with Crippen LogP contribution < -0.4 is 5.32 Å².